The van der Waals surface area contributed by atoms with Crippen LogP contribution >= 0.6 is 33.7 Å². The summed E-state index contributed by atoms with van der Waals surface area (Å²) in [6, 6.07) is 62.6. The zero-order valence-corrected chi connectivity index (χ0v) is 35.6. The minimum atomic E-state index is -2.79. The van der Waals surface area contributed by atoms with Crippen LogP contribution in [0.2, 0.25) is 0 Å². The van der Waals surface area contributed by atoms with E-state index in [0.29, 0.717) is 8.52 Å². The summed E-state index contributed by atoms with van der Waals surface area (Å²) in [4.78, 5) is 0. The Morgan fingerprint density at radius 1 is 0.311 bits per heavy atom. The van der Waals surface area contributed by atoms with Gasteiger partial charge in [-0.1, -0.05) is 132 Å². The topological polar surface area (TPSA) is 123 Å². The maximum absolute atomic E-state index is 7.41. The first-order valence-electron chi connectivity index (χ1n) is 18.7. The third kappa shape index (κ3) is 10.3. The second kappa shape index (κ2) is 20.2. The molecule has 0 radical (unpaired) electrons. The highest BCUT2D eigenvalue weighted by Gasteiger charge is 2.86. The molecule has 1 aliphatic rings. The van der Waals surface area contributed by atoms with Crippen molar-refractivity contribution in [2.24, 2.45) is 18.1 Å². The summed E-state index contributed by atoms with van der Waals surface area (Å²) in [5.41, 5.74) is 0. The normalized spacial score (nSPS) is 13.9. The van der Waals surface area contributed by atoms with Crippen LogP contribution in [0, 0.1) is 0 Å². The second-order valence-electron chi connectivity index (χ2n) is 12.6. The molecular weight excluding hydrogens is 848 g/mol. The lowest BCUT2D eigenvalue weighted by Crippen LogP contribution is -2.82. The molecule has 61 heavy (non-hydrogen) atoms. The van der Waals surface area contributed by atoms with E-state index in [2.05, 4.69) is 9.03 Å². The molecule has 16 heteroatoms. The van der Waals surface area contributed by atoms with E-state index in [1.54, 1.807) is 97.1 Å². The fourth-order valence-corrected chi connectivity index (χ4v) is 9.29. The third-order valence-electron chi connectivity index (χ3n) is 8.39. The van der Waals surface area contributed by atoms with Crippen molar-refractivity contribution in [1.29, 1.82) is 0 Å². The number of hydrogen-bond donors (Lipinski definition) is 0. The average Bonchev–Trinajstić information content (AvgIpc) is 3.29. The molecule has 8 rings (SSSR count). The number of para-hydroxylation sites is 7. The quantitative estimate of drug-likeness (QED) is 0.0616. The minimum absolute atomic E-state index is 0.233. The molecule has 1 unspecified atom stereocenters. The molecule has 0 saturated carbocycles. The van der Waals surface area contributed by atoms with Gasteiger partial charge >= 0.3 is 25.8 Å². The summed E-state index contributed by atoms with van der Waals surface area (Å²) in [6.45, 7) is 0. The van der Waals surface area contributed by atoms with Gasteiger partial charge in [-0.15, -0.1) is 0 Å². The molecule has 0 bridgehead atoms. The molecule has 0 spiro atoms. The number of ether oxygens (including phenoxy) is 7. The smallest absolute Gasteiger partial charge is 0.439 e. The molecular formula is C45H35N4O8P4+. The Balaban J connectivity index is 1.56. The van der Waals surface area contributed by atoms with Crippen LogP contribution in [0.4, 0.5) is 0 Å². The molecule has 302 valence electrons. The minimum Gasteiger partial charge on any atom is -0.439 e. The largest absolute Gasteiger partial charge is 0.553 e. The SMILES string of the molecule is c1ccc(OC(Oc2ccccc2)(Oc2ccccc2)C(Oc2ccccc2)(O[P+]2=NP=NP=NP=N2)C(Oc2ccccc2)(Oc2ccccc2)Oc2ccccc2)cc1. The van der Waals surface area contributed by atoms with Crippen LogP contribution < -0.4 is 33.2 Å². The first kappa shape index (κ1) is 41.2. The van der Waals surface area contributed by atoms with Crippen LogP contribution in [-0.2, 0) is 4.52 Å². The summed E-state index contributed by atoms with van der Waals surface area (Å²) in [5.74, 6) is -6.32. The number of benzene rings is 7. The molecule has 1 heterocycles. The van der Waals surface area contributed by atoms with Crippen LogP contribution in [0.1, 0.15) is 0 Å². The summed E-state index contributed by atoms with van der Waals surface area (Å²) >= 11 is 0. The van der Waals surface area contributed by atoms with Crippen molar-refractivity contribution in [2.45, 2.75) is 17.7 Å². The number of hydrogen-bond acceptors (Lipinski definition) is 12. The average molecular weight is 884 g/mol. The van der Waals surface area contributed by atoms with Crippen LogP contribution in [0.5, 0.6) is 40.2 Å². The van der Waals surface area contributed by atoms with Gasteiger partial charge in [-0.2, -0.15) is 9.03 Å². The molecule has 0 saturated heterocycles. The van der Waals surface area contributed by atoms with Crippen LogP contribution in [0.3, 0.4) is 0 Å². The van der Waals surface area contributed by atoms with Crippen molar-refractivity contribution in [3.05, 3.63) is 212 Å². The Morgan fingerprint density at radius 3 is 0.869 bits per heavy atom. The highest BCUT2D eigenvalue weighted by atomic mass is 31.2. The van der Waals surface area contributed by atoms with E-state index in [-0.39, 0.29) is 57.3 Å². The molecule has 0 aromatic heterocycles. The highest BCUT2D eigenvalue weighted by molar-refractivity contribution is 7.55. The van der Waals surface area contributed by atoms with Gasteiger partial charge in [-0.05, 0) is 84.9 Å². The Morgan fingerprint density at radius 2 is 0.574 bits per heavy atom. The monoisotopic (exact) mass is 883 g/mol. The molecule has 0 aliphatic carbocycles. The summed E-state index contributed by atoms with van der Waals surface area (Å²) in [6.07, 6.45) is 0. The zero-order valence-electron chi connectivity index (χ0n) is 32.1. The summed E-state index contributed by atoms with van der Waals surface area (Å²) < 4.78 is 76.3. The van der Waals surface area contributed by atoms with E-state index in [9.17, 15) is 0 Å². The van der Waals surface area contributed by atoms with E-state index in [0.717, 1.165) is 0 Å². The predicted molar refractivity (Wildman–Crippen MR) is 236 cm³/mol. The number of nitrogens with zero attached hydrogens (tertiary/aromatic N) is 4. The Kier molecular flexibility index (Phi) is 13.6. The molecule has 7 aromatic carbocycles. The van der Waals surface area contributed by atoms with Crippen LogP contribution in [0.15, 0.2) is 230 Å². The molecule has 12 nitrogen and oxygen atoms in total. The molecule has 0 N–H and O–H groups in total. The second-order valence-corrected chi connectivity index (χ2v) is 16.7. The van der Waals surface area contributed by atoms with Gasteiger partial charge in [0.15, 0.2) is 8.52 Å². The van der Waals surface area contributed by atoms with Crippen molar-refractivity contribution in [1.82, 2.24) is 0 Å². The summed E-state index contributed by atoms with van der Waals surface area (Å²) in [5, 5.41) is 0. The lowest BCUT2D eigenvalue weighted by molar-refractivity contribution is -0.486. The molecule has 1 atom stereocenters. The number of rotatable bonds is 18. The molecule has 1 aliphatic heterocycles. The maximum Gasteiger partial charge on any atom is 0.553 e. The van der Waals surface area contributed by atoms with Gasteiger partial charge in [0.05, 0.1) is 0 Å². The van der Waals surface area contributed by atoms with Gasteiger partial charge in [0.1, 0.15) is 40.2 Å². The van der Waals surface area contributed by atoms with E-state index in [1.807, 2.05) is 115 Å². The Bertz CT molecular complexity index is 2220. The summed E-state index contributed by atoms with van der Waals surface area (Å²) in [7, 11) is -1.33. The zero-order chi connectivity index (χ0) is 41.5. The van der Waals surface area contributed by atoms with Crippen molar-refractivity contribution in [2.75, 3.05) is 0 Å². The fraction of sp³-hybridized carbons (Fsp3) is 0.0667. The molecule has 0 fully saturated rings. The van der Waals surface area contributed by atoms with E-state index >= 15 is 0 Å². The molecule has 0 amide bonds. The maximum atomic E-state index is 7.41. The first-order valence-corrected chi connectivity index (χ1v) is 22.3. The van der Waals surface area contributed by atoms with Gasteiger partial charge < -0.3 is 33.2 Å². The Hall–Kier alpha value is -6.50. The lowest BCUT2D eigenvalue weighted by Gasteiger charge is -2.49. The van der Waals surface area contributed by atoms with Crippen molar-refractivity contribution in [3.63, 3.8) is 0 Å². The van der Waals surface area contributed by atoms with E-state index in [1.165, 1.54) is 0 Å². The van der Waals surface area contributed by atoms with Gasteiger partial charge in [0.2, 0.25) is 17.0 Å². The third-order valence-corrected chi connectivity index (χ3v) is 12.0. The van der Waals surface area contributed by atoms with Crippen molar-refractivity contribution < 1.29 is 37.7 Å². The van der Waals surface area contributed by atoms with E-state index in [4.69, 9.17) is 46.7 Å². The standard InChI is InChI=1S/C45H35N4O8P4/c1-8-22-36(23-9-1)50-43(57-61-48-59-46-58-47-60-49-61,44(51-37-24-10-2-11-25-37,52-38-26-12-3-13-27-38)53-39-28-14-4-15-29-39)45(54-40-30-16-5-17-31-40,55-41-32-18-6-19-33-41)56-42-34-20-7-21-35-42/h1-35H/q+1. The van der Waals surface area contributed by atoms with Gasteiger partial charge in [0, 0.05) is 9.03 Å². The highest BCUT2D eigenvalue weighted by Crippen LogP contribution is 2.54. The van der Waals surface area contributed by atoms with Gasteiger partial charge in [-0.25, -0.2) is 0 Å². The van der Waals surface area contributed by atoms with Crippen LogP contribution in [-0.4, -0.2) is 17.7 Å². The van der Waals surface area contributed by atoms with Gasteiger partial charge in [0.25, 0.3) is 0 Å². The molecule has 7 aromatic rings. The lowest BCUT2D eigenvalue weighted by atomic mass is 10.1. The predicted octanol–water partition coefficient (Wildman–Crippen LogP) is 14.2. The Labute approximate surface area is 358 Å². The van der Waals surface area contributed by atoms with Crippen molar-refractivity contribution >= 4 is 33.7 Å². The van der Waals surface area contributed by atoms with Crippen LogP contribution in [0.25, 0.3) is 0 Å². The fourth-order valence-electron chi connectivity index (χ4n) is 5.81. The first-order chi connectivity index (χ1) is 30.1. The van der Waals surface area contributed by atoms with Gasteiger partial charge in [-0.3, -0.25) is 0 Å². The van der Waals surface area contributed by atoms with E-state index < -0.39 is 25.8 Å². The van der Waals surface area contributed by atoms with Crippen molar-refractivity contribution in [3.8, 4) is 40.2 Å².